The first kappa shape index (κ1) is 21.5. The Balaban J connectivity index is 2.05. The van der Waals surface area contributed by atoms with Crippen LogP contribution >= 0.6 is 0 Å². The van der Waals surface area contributed by atoms with Gasteiger partial charge in [0.15, 0.2) is 5.60 Å². The number of benzene rings is 1. The van der Waals surface area contributed by atoms with Crippen LogP contribution in [0.1, 0.15) is 16.8 Å². The normalized spacial score (nSPS) is 14.2. The second kappa shape index (κ2) is 8.67. The fourth-order valence-corrected chi connectivity index (χ4v) is 2.85. The van der Waals surface area contributed by atoms with Crippen LogP contribution in [-0.2, 0) is 22.8 Å². The van der Waals surface area contributed by atoms with Crippen LogP contribution < -0.4 is 0 Å². The van der Waals surface area contributed by atoms with Crippen LogP contribution in [0.15, 0.2) is 48.9 Å². The SMILES string of the molecule is COCC=Cc1ccc(C(F)(F)C(O)(Cn2cnnn2)c2ccc(F)cc2F)nc1. The summed E-state index contributed by atoms with van der Waals surface area (Å²) in [5.41, 5.74) is -4.29. The first-order valence-corrected chi connectivity index (χ1v) is 8.66. The smallest absolute Gasteiger partial charge is 0.323 e. The minimum absolute atomic E-state index is 0.327. The third-order valence-corrected chi connectivity index (χ3v) is 4.36. The van der Waals surface area contributed by atoms with Gasteiger partial charge in [0.25, 0.3) is 0 Å². The molecule has 0 fully saturated rings. The first-order chi connectivity index (χ1) is 14.3. The van der Waals surface area contributed by atoms with Crippen molar-refractivity contribution < 1.29 is 27.4 Å². The van der Waals surface area contributed by atoms with Crippen molar-refractivity contribution in [1.82, 2.24) is 25.2 Å². The van der Waals surface area contributed by atoms with E-state index in [-0.39, 0.29) is 0 Å². The molecule has 0 bridgehead atoms. The van der Waals surface area contributed by atoms with E-state index < -0.39 is 41.0 Å². The third kappa shape index (κ3) is 4.21. The summed E-state index contributed by atoms with van der Waals surface area (Å²) in [7, 11) is 1.51. The molecule has 0 saturated heterocycles. The Labute approximate surface area is 168 Å². The zero-order valence-corrected chi connectivity index (χ0v) is 15.7. The fourth-order valence-electron chi connectivity index (χ4n) is 2.85. The largest absolute Gasteiger partial charge is 0.381 e. The average Bonchev–Trinajstić information content (AvgIpc) is 3.21. The van der Waals surface area contributed by atoms with Crippen molar-refractivity contribution in [2.75, 3.05) is 13.7 Å². The molecule has 0 aliphatic heterocycles. The number of aliphatic hydroxyl groups is 1. The molecule has 1 atom stereocenters. The second-order valence-corrected chi connectivity index (χ2v) is 6.40. The number of hydrogen-bond donors (Lipinski definition) is 1. The predicted molar refractivity (Wildman–Crippen MR) is 97.1 cm³/mol. The molecule has 7 nitrogen and oxygen atoms in total. The number of alkyl halides is 2. The zero-order valence-electron chi connectivity index (χ0n) is 15.7. The van der Waals surface area contributed by atoms with Crippen molar-refractivity contribution in [3.63, 3.8) is 0 Å². The lowest BCUT2D eigenvalue weighted by molar-refractivity contribution is -0.207. The van der Waals surface area contributed by atoms with Gasteiger partial charge in [-0.3, -0.25) is 4.98 Å². The number of pyridine rings is 1. The van der Waals surface area contributed by atoms with E-state index in [4.69, 9.17) is 4.74 Å². The van der Waals surface area contributed by atoms with Gasteiger partial charge >= 0.3 is 5.92 Å². The van der Waals surface area contributed by atoms with Crippen molar-refractivity contribution in [3.05, 3.63) is 77.4 Å². The van der Waals surface area contributed by atoms with E-state index in [2.05, 4.69) is 20.5 Å². The summed E-state index contributed by atoms with van der Waals surface area (Å²) in [4.78, 5) is 3.74. The predicted octanol–water partition coefficient (Wildman–Crippen LogP) is 2.69. The molecule has 0 amide bonds. The van der Waals surface area contributed by atoms with Gasteiger partial charge < -0.3 is 9.84 Å². The minimum atomic E-state index is -4.09. The van der Waals surface area contributed by atoms with E-state index in [0.717, 1.165) is 29.2 Å². The van der Waals surface area contributed by atoms with Crippen LogP contribution in [0.4, 0.5) is 17.6 Å². The van der Waals surface area contributed by atoms with E-state index in [9.17, 15) is 13.9 Å². The first-order valence-electron chi connectivity index (χ1n) is 8.66. The number of rotatable bonds is 8. The van der Waals surface area contributed by atoms with E-state index in [0.29, 0.717) is 18.2 Å². The van der Waals surface area contributed by atoms with Crippen LogP contribution in [0, 0.1) is 11.6 Å². The molecule has 158 valence electrons. The Morgan fingerprint density at radius 1 is 1.20 bits per heavy atom. The molecule has 0 aliphatic carbocycles. The number of nitrogens with zero attached hydrogens (tertiary/aromatic N) is 5. The van der Waals surface area contributed by atoms with Crippen LogP contribution in [0.2, 0.25) is 0 Å². The second-order valence-electron chi connectivity index (χ2n) is 6.40. The maximum absolute atomic E-state index is 15.5. The van der Waals surface area contributed by atoms with Crippen LogP contribution in [0.25, 0.3) is 6.08 Å². The molecule has 1 aromatic carbocycles. The van der Waals surface area contributed by atoms with E-state index >= 15 is 8.78 Å². The van der Waals surface area contributed by atoms with Crippen LogP contribution in [-0.4, -0.2) is 44.0 Å². The molecule has 0 aliphatic rings. The molecule has 1 N–H and O–H groups in total. The Kier molecular flexibility index (Phi) is 6.22. The summed E-state index contributed by atoms with van der Waals surface area (Å²) < 4.78 is 64.5. The highest BCUT2D eigenvalue weighted by Gasteiger charge is 2.57. The monoisotopic (exact) mass is 423 g/mol. The molecule has 2 aromatic heterocycles. The molecule has 11 heteroatoms. The van der Waals surface area contributed by atoms with E-state index in [1.807, 2.05) is 0 Å². The Morgan fingerprint density at radius 2 is 2.00 bits per heavy atom. The summed E-state index contributed by atoms with van der Waals surface area (Å²) >= 11 is 0. The molecular formula is C19H17F4N5O2. The Morgan fingerprint density at radius 3 is 2.60 bits per heavy atom. The standard InChI is InChI=1S/C19H17F4N5O2/c1-30-8-2-3-13-4-7-17(24-10-13)19(22,23)18(29,11-28-12-25-26-27-28)15-6-5-14(20)9-16(15)21/h2-7,9-10,12,29H,8,11H2,1H3. The fraction of sp³-hybridized carbons (Fsp3) is 0.263. The summed E-state index contributed by atoms with van der Waals surface area (Å²) in [5, 5.41) is 21.2. The van der Waals surface area contributed by atoms with Crippen molar-refractivity contribution in [3.8, 4) is 0 Å². The summed E-state index contributed by atoms with van der Waals surface area (Å²) in [5.74, 6) is -6.41. The molecule has 30 heavy (non-hydrogen) atoms. The molecular weight excluding hydrogens is 406 g/mol. The molecule has 0 radical (unpaired) electrons. The number of halogens is 4. The Bertz CT molecular complexity index is 1010. The maximum atomic E-state index is 15.5. The molecule has 1 unspecified atom stereocenters. The van der Waals surface area contributed by atoms with Gasteiger partial charge in [0, 0.05) is 24.9 Å². The van der Waals surface area contributed by atoms with Gasteiger partial charge in [-0.15, -0.1) is 5.10 Å². The molecule has 0 saturated carbocycles. The van der Waals surface area contributed by atoms with Crippen LogP contribution in [0.3, 0.4) is 0 Å². The van der Waals surface area contributed by atoms with Crippen molar-refractivity contribution in [2.24, 2.45) is 0 Å². The quantitative estimate of drug-likeness (QED) is 0.561. The van der Waals surface area contributed by atoms with Gasteiger partial charge in [-0.1, -0.05) is 18.2 Å². The lowest BCUT2D eigenvalue weighted by atomic mass is 9.84. The number of methoxy groups -OCH3 is 1. The maximum Gasteiger partial charge on any atom is 0.323 e. The van der Waals surface area contributed by atoms with E-state index in [1.165, 1.54) is 19.4 Å². The van der Waals surface area contributed by atoms with Gasteiger partial charge in [0.05, 0.1) is 13.2 Å². The third-order valence-electron chi connectivity index (χ3n) is 4.36. The highest BCUT2D eigenvalue weighted by atomic mass is 19.3. The Hall–Kier alpha value is -3.18. The average molecular weight is 423 g/mol. The zero-order chi connectivity index (χ0) is 21.8. The summed E-state index contributed by atoms with van der Waals surface area (Å²) in [6.45, 7) is -0.583. The highest BCUT2D eigenvalue weighted by molar-refractivity contribution is 5.48. The molecule has 3 aromatic rings. The van der Waals surface area contributed by atoms with Crippen molar-refractivity contribution >= 4 is 6.08 Å². The lowest BCUT2D eigenvalue weighted by Gasteiger charge is -2.35. The van der Waals surface area contributed by atoms with Crippen molar-refractivity contribution in [1.29, 1.82) is 0 Å². The highest BCUT2D eigenvalue weighted by Crippen LogP contribution is 2.46. The summed E-state index contributed by atoms with van der Waals surface area (Å²) in [6, 6.07) is 4.31. The van der Waals surface area contributed by atoms with Gasteiger partial charge in [0.1, 0.15) is 23.7 Å². The van der Waals surface area contributed by atoms with Gasteiger partial charge in [-0.05, 0) is 34.2 Å². The van der Waals surface area contributed by atoms with Crippen LogP contribution in [0.5, 0.6) is 0 Å². The summed E-state index contributed by atoms with van der Waals surface area (Å²) in [6.07, 6.45) is 5.44. The topological polar surface area (TPSA) is 86.0 Å². The van der Waals surface area contributed by atoms with Crippen molar-refractivity contribution in [2.45, 2.75) is 18.1 Å². The van der Waals surface area contributed by atoms with Gasteiger partial charge in [0.2, 0.25) is 0 Å². The van der Waals surface area contributed by atoms with E-state index in [1.54, 1.807) is 12.2 Å². The minimum Gasteiger partial charge on any atom is -0.381 e. The van der Waals surface area contributed by atoms with Gasteiger partial charge in [-0.2, -0.15) is 8.78 Å². The molecule has 0 spiro atoms. The van der Waals surface area contributed by atoms with Gasteiger partial charge in [-0.25, -0.2) is 13.5 Å². The number of hydrogen-bond acceptors (Lipinski definition) is 6. The molecule has 3 rings (SSSR count). The number of ether oxygens (including phenoxy) is 1. The number of aromatic nitrogens is 5. The molecule has 2 heterocycles. The lowest BCUT2D eigenvalue weighted by Crippen LogP contribution is -2.48. The number of tetrazole rings is 1.